The summed E-state index contributed by atoms with van der Waals surface area (Å²) >= 11 is 1.60. The third-order valence-electron chi connectivity index (χ3n) is 3.21. The van der Waals surface area contributed by atoms with Crippen molar-refractivity contribution in [1.82, 2.24) is 4.98 Å². The highest BCUT2D eigenvalue weighted by molar-refractivity contribution is 7.11. The fraction of sp³-hybridized carbons (Fsp3) is 0.125. The van der Waals surface area contributed by atoms with Gasteiger partial charge in [-0.15, -0.1) is 11.3 Å². The summed E-state index contributed by atoms with van der Waals surface area (Å²) in [6.45, 7) is 1.94. The summed E-state index contributed by atoms with van der Waals surface area (Å²) in [6, 6.07) is 14.6. The maximum Gasteiger partial charge on any atom is 0.169 e. The first-order chi connectivity index (χ1) is 9.28. The zero-order valence-electron chi connectivity index (χ0n) is 10.6. The number of rotatable bonds is 3. The summed E-state index contributed by atoms with van der Waals surface area (Å²) in [5.74, 6) is 0. The Balaban J connectivity index is 2.03. The highest BCUT2D eigenvalue weighted by Crippen LogP contribution is 2.24. The molecule has 3 rings (SSSR count). The Bertz CT molecular complexity index is 740. The van der Waals surface area contributed by atoms with Gasteiger partial charge in [0.05, 0.1) is 5.01 Å². The summed E-state index contributed by atoms with van der Waals surface area (Å²) in [7, 11) is 0. The summed E-state index contributed by atoms with van der Waals surface area (Å²) in [5, 5.41) is 3.49. The predicted molar refractivity (Wildman–Crippen MR) is 79.0 cm³/mol. The van der Waals surface area contributed by atoms with Crippen molar-refractivity contribution in [3.8, 4) is 0 Å². The van der Waals surface area contributed by atoms with Gasteiger partial charge in [-0.1, -0.05) is 42.5 Å². The molecule has 0 spiro atoms. The second kappa shape index (κ2) is 4.94. The first-order valence-corrected chi connectivity index (χ1v) is 6.97. The molecule has 2 nitrogen and oxygen atoms in total. The van der Waals surface area contributed by atoms with E-state index in [0.29, 0.717) is 5.69 Å². The lowest BCUT2D eigenvalue weighted by Crippen LogP contribution is -1.90. The van der Waals surface area contributed by atoms with E-state index in [9.17, 15) is 4.79 Å². The van der Waals surface area contributed by atoms with E-state index in [-0.39, 0.29) is 0 Å². The van der Waals surface area contributed by atoms with Gasteiger partial charge in [0, 0.05) is 11.3 Å². The molecule has 0 fully saturated rings. The lowest BCUT2D eigenvalue weighted by molar-refractivity contribution is 0.111. The summed E-state index contributed by atoms with van der Waals surface area (Å²) < 4.78 is 0. The molecule has 3 aromatic rings. The van der Waals surface area contributed by atoms with Gasteiger partial charge in [-0.2, -0.15) is 0 Å². The van der Waals surface area contributed by atoms with Gasteiger partial charge in [-0.3, -0.25) is 4.79 Å². The maximum absolute atomic E-state index is 10.8. The lowest BCUT2D eigenvalue weighted by Gasteiger charge is -2.04. The molecule has 0 saturated carbocycles. The van der Waals surface area contributed by atoms with Gasteiger partial charge in [0.25, 0.3) is 0 Å². The van der Waals surface area contributed by atoms with Crippen molar-refractivity contribution < 1.29 is 4.79 Å². The molecule has 0 saturated heterocycles. The normalized spacial score (nSPS) is 10.8. The molecule has 2 aromatic carbocycles. The molecule has 0 N–H and O–H groups in total. The monoisotopic (exact) mass is 267 g/mol. The van der Waals surface area contributed by atoms with Crippen LogP contribution in [0.15, 0.2) is 42.5 Å². The number of hydrogen-bond donors (Lipinski definition) is 0. The van der Waals surface area contributed by atoms with Crippen molar-refractivity contribution in [2.24, 2.45) is 0 Å². The highest BCUT2D eigenvalue weighted by Gasteiger charge is 2.08. The van der Waals surface area contributed by atoms with Crippen molar-refractivity contribution in [2.45, 2.75) is 13.3 Å². The first-order valence-electron chi connectivity index (χ1n) is 6.16. The van der Waals surface area contributed by atoms with Crippen molar-refractivity contribution in [3.63, 3.8) is 0 Å². The van der Waals surface area contributed by atoms with Crippen LogP contribution in [0.5, 0.6) is 0 Å². The van der Waals surface area contributed by atoms with Crippen LogP contribution in [0.4, 0.5) is 0 Å². The van der Waals surface area contributed by atoms with Gasteiger partial charge in [0.15, 0.2) is 6.29 Å². The average Bonchev–Trinajstić information content (AvgIpc) is 2.79. The second-order valence-corrected chi connectivity index (χ2v) is 5.77. The van der Waals surface area contributed by atoms with Crippen LogP contribution in [-0.2, 0) is 6.42 Å². The van der Waals surface area contributed by atoms with E-state index in [1.165, 1.54) is 16.3 Å². The largest absolute Gasteiger partial charge is 0.296 e. The Labute approximate surface area is 115 Å². The molecule has 1 aromatic heterocycles. The standard InChI is InChI=1S/C16H13NOS/c1-11-15(10-18)17-16(19-11)9-13-7-4-6-12-5-2-3-8-14(12)13/h2-8,10H,9H2,1H3. The molecule has 0 atom stereocenters. The molecule has 3 heteroatoms. The Kier molecular flexibility index (Phi) is 3.13. The maximum atomic E-state index is 10.8. The Morgan fingerprint density at radius 1 is 1.16 bits per heavy atom. The number of nitrogens with zero attached hydrogens (tertiary/aromatic N) is 1. The number of aromatic nitrogens is 1. The van der Waals surface area contributed by atoms with Crippen LogP contribution in [0.25, 0.3) is 10.8 Å². The van der Waals surface area contributed by atoms with Crippen molar-refractivity contribution in [1.29, 1.82) is 0 Å². The molecule has 19 heavy (non-hydrogen) atoms. The Morgan fingerprint density at radius 3 is 2.74 bits per heavy atom. The molecule has 0 amide bonds. The minimum absolute atomic E-state index is 0.570. The third-order valence-corrected chi connectivity index (χ3v) is 4.20. The number of aldehydes is 1. The minimum Gasteiger partial charge on any atom is -0.296 e. The lowest BCUT2D eigenvalue weighted by atomic mass is 10.0. The number of fused-ring (bicyclic) bond motifs is 1. The van der Waals surface area contributed by atoms with Crippen molar-refractivity contribution in [3.05, 3.63) is 63.6 Å². The molecular weight excluding hydrogens is 254 g/mol. The van der Waals surface area contributed by atoms with Crippen LogP contribution in [-0.4, -0.2) is 11.3 Å². The number of hydrogen-bond acceptors (Lipinski definition) is 3. The second-order valence-electron chi connectivity index (χ2n) is 4.48. The fourth-order valence-corrected chi connectivity index (χ4v) is 3.18. The van der Waals surface area contributed by atoms with Crippen molar-refractivity contribution in [2.75, 3.05) is 0 Å². The van der Waals surface area contributed by atoms with Crippen LogP contribution in [0.2, 0.25) is 0 Å². The minimum atomic E-state index is 0.570. The first kappa shape index (κ1) is 12.1. The Hall–Kier alpha value is -2.00. The summed E-state index contributed by atoms with van der Waals surface area (Å²) in [6.07, 6.45) is 1.61. The predicted octanol–water partition coefficient (Wildman–Crippen LogP) is 4.01. The zero-order chi connectivity index (χ0) is 13.2. The van der Waals surface area contributed by atoms with Crippen LogP contribution >= 0.6 is 11.3 Å². The fourth-order valence-electron chi connectivity index (χ4n) is 2.26. The number of benzene rings is 2. The van der Waals surface area contributed by atoms with E-state index in [0.717, 1.165) is 22.6 Å². The van der Waals surface area contributed by atoms with E-state index in [1.54, 1.807) is 11.3 Å². The molecule has 94 valence electrons. The van der Waals surface area contributed by atoms with Gasteiger partial charge in [0.1, 0.15) is 5.69 Å². The summed E-state index contributed by atoms with van der Waals surface area (Å²) in [5.41, 5.74) is 1.82. The quantitative estimate of drug-likeness (QED) is 0.671. The van der Waals surface area contributed by atoms with Gasteiger partial charge < -0.3 is 0 Å². The average molecular weight is 267 g/mol. The number of carbonyl (C=O) groups is 1. The van der Waals surface area contributed by atoms with Gasteiger partial charge >= 0.3 is 0 Å². The van der Waals surface area contributed by atoms with E-state index in [2.05, 4.69) is 41.4 Å². The van der Waals surface area contributed by atoms with Crippen LogP contribution in [0.1, 0.15) is 25.9 Å². The molecular formula is C16H13NOS. The Morgan fingerprint density at radius 2 is 1.95 bits per heavy atom. The van der Waals surface area contributed by atoms with Gasteiger partial charge in [0.2, 0.25) is 0 Å². The van der Waals surface area contributed by atoms with Crippen LogP contribution in [0.3, 0.4) is 0 Å². The van der Waals surface area contributed by atoms with Gasteiger partial charge in [-0.05, 0) is 23.3 Å². The highest BCUT2D eigenvalue weighted by atomic mass is 32.1. The van der Waals surface area contributed by atoms with E-state index in [1.807, 2.05) is 13.0 Å². The third kappa shape index (κ3) is 2.29. The SMILES string of the molecule is Cc1sc(Cc2cccc3ccccc23)nc1C=O. The zero-order valence-corrected chi connectivity index (χ0v) is 11.4. The molecule has 0 aliphatic carbocycles. The van der Waals surface area contributed by atoms with Gasteiger partial charge in [-0.25, -0.2) is 4.98 Å². The smallest absolute Gasteiger partial charge is 0.169 e. The molecule has 0 unspecified atom stereocenters. The number of aryl methyl sites for hydroxylation is 1. The number of thiazole rings is 1. The van der Waals surface area contributed by atoms with Crippen LogP contribution < -0.4 is 0 Å². The molecule has 0 aliphatic rings. The van der Waals surface area contributed by atoms with Crippen LogP contribution in [0, 0.1) is 6.92 Å². The molecule has 0 radical (unpaired) electrons. The molecule has 0 bridgehead atoms. The van der Waals surface area contributed by atoms with Crippen molar-refractivity contribution >= 4 is 28.4 Å². The molecule has 0 aliphatic heterocycles. The topological polar surface area (TPSA) is 30.0 Å². The molecule has 1 heterocycles. The van der Waals surface area contributed by atoms with E-state index < -0.39 is 0 Å². The summed E-state index contributed by atoms with van der Waals surface area (Å²) in [4.78, 5) is 16.2. The van der Waals surface area contributed by atoms with E-state index >= 15 is 0 Å². The van der Waals surface area contributed by atoms with E-state index in [4.69, 9.17) is 0 Å². The number of carbonyl (C=O) groups excluding carboxylic acids is 1.